The number of ether oxygens (including phenoxy) is 1. The van der Waals surface area contributed by atoms with Gasteiger partial charge >= 0.3 is 0 Å². The number of hydrogen-bond acceptors (Lipinski definition) is 8. The predicted octanol–water partition coefficient (Wildman–Crippen LogP) is 4.51. The van der Waals surface area contributed by atoms with Crippen molar-refractivity contribution < 1.29 is 13.9 Å². The highest BCUT2D eigenvalue weighted by Gasteiger charge is 2.26. The van der Waals surface area contributed by atoms with Crippen LogP contribution in [0.3, 0.4) is 0 Å². The zero-order chi connectivity index (χ0) is 22.8. The number of anilines is 1. The first-order chi connectivity index (χ1) is 16.1. The Hall–Kier alpha value is -2.61. The third kappa shape index (κ3) is 4.71. The van der Waals surface area contributed by atoms with E-state index in [2.05, 4.69) is 28.5 Å². The number of amides is 1. The van der Waals surface area contributed by atoms with Gasteiger partial charge < -0.3 is 14.5 Å². The van der Waals surface area contributed by atoms with Crippen molar-refractivity contribution in [1.29, 1.82) is 5.26 Å². The largest absolute Gasteiger partial charge is 0.461 e. The lowest BCUT2D eigenvalue weighted by molar-refractivity contribution is -0.113. The Kier molecular flexibility index (Phi) is 6.53. The minimum atomic E-state index is -0.158. The van der Waals surface area contributed by atoms with Crippen LogP contribution >= 0.6 is 23.1 Å². The molecule has 2 unspecified atom stereocenters. The Morgan fingerprint density at radius 1 is 1.42 bits per heavy atom. The monoisotopic (exact) mass is 483 g/mol. The number of carbonyl (C=O) groups is 1. The summed E-state index contributed by atoms with van der Waals surface area (Å²) in [7, 11) is 0. The highest BCUT2D eigenvalue weighted by molar-refractivity contribution is 7.99. The van der Waals surface area contributed by atoms with E-state index >= 15 is 0 Å². The third-order valence-electron chi connectivity index (χ3n) is 6.08. The summed E-state index contributed by atoms with van der Waals surface area (Å²) < 4.78 is 13.3. The van der Waals surface area contributed by atoms with Crippen LogP contribution in [0.1, 0.15) is 42.2 Å². The highest BCUT2D eigenvalue weighted by atomic mass is 32.2. The normalized spacial score (nSPS) is 19.9. The number of nitriles is 1. The lowest BCUT2D eigenvalue weighted by atomic mass is 9.89. The summed E-state index contributed by atoms with van der Waals surface area (Å²) in [5.74, 6) is 1.89. The summed E-state index contributed by atoms with van der Waals surface area (Å²) >= 11 is 2.87. The number of furan rings is 1. The Morgan fingerprint density at radius 2 is 2.33 bits per heavy atom. The molecule has 4 heterocycles. The van der Waals surface area contributed by atoms with Gasteiger partial charge in [0.25, 0.3) is 0 Å². The first kappa shape index (κ1) is 22.2. The smallest absolute Gasteiger partial charge is 0.235 e. The summed E-state index contributed by atoms with van der Waals surface area (Å²) in [4.78, 5) is 14.0. The summed E-state index contributed by atoms with van der Waals surface area (Å²) in [5.41, 5.74) is 1.74. The van der Waals surface area contributed by atoms with Gasteiger partial charge in [-0.2, -0.15) is 5.26 Å². The molecule has 0 radical (unpaired) electrons. The van der Waals surface area contributed by atoms with Crippen molar-refractivity contribution in [3.8, 4) is 17.7 Å². The van der Waals surface area contributed by atoms with Crippen LogP contribution < -0.4 is 5.32 Å². The van der Waals surface area contributed by atoms with Crippen molar-refractivity contribution in [2.24, 2.45) is 5.92 Å². The lowest BCUT2D eigenvalue weighted by Crippen LogP contribution is -2.18. The maximum absolute atomic E-state index is 12.8. The summed E-state index contributed by atoms with van der Waals surface area (Å²) in [6, 6.07) is 5.97. The Balaban J connectivity index is 1.30. The van der Waals surface area contributed by atoms with Crippen molar-refractivity contribution >= 4 is 34.0 Å². The first-order valence-corrected chi connectivity index (χ1v) is 13.0. The van der Waals surface area contributed by atoms with Gasteiger partial charge in [-0.05, 0) is 55.7 Å². The molecule has 2 aliphatic rings. The molecule has 8 nitrogen and oxygen atoms in total. The van der Waals surface area contributed by atoms with Gasteiger partial charge in [0, 0.05) is 11.5 Å². The maximum Gasteiger partial charge on any atom is 0.235 e. The number of rotatable bonds is 7. The van der Waals surface area contributed by atoms with E-state index in [0.29, 0.717) is 39.8 Å². The van der Waals surface area contributed by atoms with Crippen LogP contribution in [-0.2, 0) is 28.9 Å². The van der Waals surface area contributed by atoms with Crippen molar-refractivity contribution in [1.82, 2.24) is 14.8 Å². The van der Waals surface area contributed by atoms with Gasteiger partial charge in [-0.3, -0.25) is 9.36 Å². The summed E-state index contributed by atoms with van der Waals surface area (Å²) in [6.45, 7) is 3.60. The van der Waals surface area contributed by atoms with E-state index in [1.54, 1.807) is 17.6 Å². The fourth-order valence-corrected chi connectivity index (χ4v) is 6.52. The van der Waals surface area contributed by atoms with Gasteiger partial charge in [-0.15, -0.1) is 21.5 Å². The molecule has 5 rings (SSSR count). The second-order valence-corrected chi connectivity index (χ2v) is 10.6. The van der Waals surface area contributed by atoms with E-state index in [0.717, 1.165) is 44.3 Å². The predicted molar refractivity (Wildman–Crippen MR) is 126 cm³/mol. The van der Waals surface area contributed by atoms with E-state index < -0.39 is 0 Å². The molecule has 0 aromatic carbocycles. The molecule has 33 heavy (non-hydrogen) atoms. The van der Waals surface area contributed by atoms with Crippen molar-refractivity contribution in [3.05, 3.63) is 34.4 Å². The van der Waals surface area contributed by atoms with Crippen LogP contribution in [0.5, 0.6) is 0 Å². The number of fused-ring (bicyclic) bond motifs is 1. The molecule has 10 heteroatoms. The zero-order valence-corrected chi connectivity index (χ0v) is 20.0. The van der Waals surface area contributed by atoms with Crippen molar-refractivity contribution in [2.45, 2.75) is 56.8 Å². The number of nitrogens with zero attached hydrogens (tertiary/aromatic N) is 4. The Bertz CT molecular complexity index is 1170. The highest BCUT2D eigenvalue weighted by Crippen LogP contribution is 2.39. The van der Waals surface area contributed by atoms with Crippen LogP contribution in [0.2, 0.25) is 0 Å². The van der Waals surface area contributed by atoms with Gasteiger partial charge in [0.2, 0.25) is 11.7 Å². The second kappa shape index (κ2) is 9.71. The molecule has 1 N–H and O–H groups in total. The Labute approximate surface area is 200 Å². The minimum Gasteiger partial charge on any atom is -0.461 e. The topological polar surface area (TPSA) is 106 Å². The molecular formula is C23H25N5O3S2. The van der Waals surface area contributed by atoms with E-state index in [4.69, 9.17) is 9.15 Å². The quantitative estimate of drug-likeness (QED) is 0.493. The number of thiophene rings is 1. The minimum absolute atomic E-state index is 0.0981. The molecule has 172 valence electrons. The zero-order valence-electron chi connectivity index (χ0n) is 18.4. The van der Waals surface area contributed by atoms with Crippen LogP contribution in [0.4, 0.5) is 5.00 Å². The molecule has 2 atom stereocenters. The summed E-state index contributed by atoms with van der Waals surface area (Å²) in [5, 5.41) is 22.6. The van der Waals surface area contributed by atoms with Gasteiger partial charge in [-0.1, -0.05) is 18.7 Å². The second-order valence-electron chi connectivity index (χ2n) is 8.53. The summed E-state index contributed by atoms with van der Waals surface area (Å²) in [6.07, 6.45) is 6.69. The van der Waals surface area contributed by atoms with Crippen molar-refractivity contribution in [3.63, 3.8) is 0 Å². The SMILES string of the molecule is CC1CCc2c(sc(NC(=O)CSc3nnc(-c4ccco4)n3CC3CCCO3)c2C#N)C1. The number of aromatic nitrogens is 3. The van der Waals surface area contributed by atoms with Gasteiger partial charge in [-0.25, -0.2) is 0 Å². The van der Waals surface area contributed by atoms with Crippen LogP contribution in [-0.4, -0.2) is 39.1 Å². The molecule has 0 bridgehead atoms. The van der Waals surface area contributed by atoms with Crippen LogP contribution in [0.15, 0.2) is 28.0 Å². The molecule has 1 amide bonds. The van der Waals surface area contributed by atoms with E-state index in [1.165, 1.54) is 16.6 Å². The average molecular weight is 484 g/mol. The molecular weight excluding hydrogens is 458 g/mol. The molecule has 3 aromatic heterocycles. The molecule has 0 saturated carbocycles. The van der Waals surface area contributed by atoms with Crippen molar-refractivity contribution in [2.75, 3.05) is 17.7 Å². The number of carbonyl (C=O) groups excluding carboxylic acids is 1. The van der Waals surface area contributed by atoms with Crippen LogP contribution in [0, 0.1) is 17.2 Å². The van der Waals surface area contributed by atoms with E-state index in [-0.39, 0.29) is 17.8 Å². The molecule has 1 fully saturated rings. The molecule has 1 aliphatic heterocycles. The fraction of sp³-hybridized carbons (Fsp3) is 0.478. The van der Waals surface area contributed by atoms with E-state index in [9.17, 15) is 10.1 Å². The fourth-order valence-electron chi connectivity index (χ4n) is 4.39. The maximum atomic E-state index is 12.8. The van der Waals surface area contributed by atoms with Gasteiger partial charge in [0.05, 0.1) is 30.2 Å². The van der Waals surface area contributed by atoms with Gasteiger partial charge in [0.1, 0.15) is 11.1 Å². The number of thioether (sulfide) groups is 1. The average Bonchev–Trinajstić information content (AvgIpc) is 3.59. The molecule has 1 saturated heterocycles. The van der Waals surface area contributed by atoms with E-state index in [1.807, 2.05) is 16.7 Å². The molecule has 0 spiro atoms. The Morgan fingerprint density at radius 3 is 3.09 bits per heavy atom. The third-order valence-corrected chi connectivity index (χ3v) is 8.21. The number of nitrogens with one attached hydrogen (secondary N) is 1. The first-order valence-electron chi connectivity index (χ1n) is 11.2. The number of hydrogen-bond donors (Lipinski definition) is 1. The van der Waals surface area contributed by atoms with Crippen LogP contribution in [0.25, 0.3) is 11.6 Å². The molecule has 3 aromatic rings. The molecule has 1 aliphatic carbocycles. The van der Waals surface area contributed by atoms with Gasteiger partial charge in [0.15, 0.2) is 10.9 Å². The lowest BCUT2D eigenvalue weighted by Gasteiger charge is -2.17. The standard InChI is InChI=1S/C23H25N5O3S2/c1-14-6-7-16-17(11-24)22(33-19(16)10-14)25-20(29)13-32-23-27-26-21(18-5-3-9-31-18)28(23)12-15-4-2-8-30-15/h3,5,9,14-15H,2,4,6-8,10,12-13H2,1H3,(H,25,29).